The Kier molecular flexibility index (Phi) is 4.00. The van der Waals surface area contributed by atoms with Crippen LogP contribution in [0.15, 0.2) is 35.1 Å². The van der Waals surface area contributed by atoms with Gasteiger partial charge in [0.25, 0.3) is 0 Å². The number of hydrogen-bond acceptors (Lipinski definition) is 3. The van der Waals surface area contributed by atoms with Crippen molar-refractivity contribution in [1.29, 1.82) is 0 Å². The third-order valence-electron chi connectivity index (χ3n) is 3.48. The highest BCUT2D eigenvalue weighted by Crippen LogP contribution is 2.23. The first-order valence-electron chi connectivity index (χ1n) is 6.59. The minimum Gasteiger partial charge on any atom is -0.387 e. The standard InChI is InChI=1S/C15H21N3O/c1-5-14-10(2)6-13(7-16-14)8-18-9-15(11(3)19)17-12(18)4/h5,7,9,11,13,19H,1,6,8H2,2-4H3. The van der Waals surface area contributed by atoms with Gasteiger partial charge in [0.15, 0.2) is 0 Å². The van der Waals surface area contributed by atoms with Gasteiger partial charge in [-0.25, -0.2) is 4.98 Å². The number of imidazole rings is 1. The summed E-state index contributed by atoms with van der Waals surface area (Å²) < 4.78 is 2.09. The van der Waals surface area contributed by atoms with Crippen molar-refractivity contribution in [2.45, 2.75) is 39.8 Å². The average molecular weight is 259 g/mol. The molecular formula is C15H21N3O. The van der Waals surface area contributed by atoms with Crippen LogP contribution in [0.5, 0.6) is 0 Å². The second-order valence-corrected chi connectivity index (χ2v) is 5.15. The van der Waals surface area contributed by atoms with Gasteiger partial charge in [0, 0.05) is 24.9 Å². The quantitative estimate of drug-likeness (QED) is 0.904. The molecule has 0 bridgehead atoms. The molecule has 0 spiro atoms. The Hall–Kier alpha value is -1.68. The van der Waals surface area contributed by atoms with E-state index < -0.39 is 6.10 Å². The molecule has 1 aliphatic heterocycles. The first kappa shape index (κ1) is 13.7. The fourth-order valence-electron chi connectivity index (χ4n) is 2.36. The summed E-state index contributed by atoms with van der Waals surface area (Å²) in [5.41, 5.74) is 2.99. The number of aliphatic imine (C=N–C) groups is 1. The number of hydrogen-bond donors (Lipinski definition) is 1. The van der Waals surface area contributed by atoms with Crippen molar-refractivity contribution in [3.05, 3.63) is 41.6 Å². The predicted octanol–water partition coefficient (Wildman–Crippen LogP) is 2.80. The van der Waals surface area contributed by atoms with Crippen molar-refractivity contribution in [2.75, 3.05) is 0 Å². The summed E-state index contributed by atoms with van der Waals surface area (Å²) in [7, 11) is 0. The maximum atomic E-state index is 9.56. The van der Waals surface area contributed by atoms with E-state index >= 15 is 0 Å². The molecule has 0 saturated carbocycles. The lowest BCUT2D eigenvalue weighted by atomic mass is 9.97. The van der Waals surface area contributed by atoms with Gasteiger partial charge in [-0.15, -0.1) is 0 Å². The Balaban J connectivity index is 2.10. The number of aromatic nitrogens is 2. The van der Waals surface area contributed by atoms with Gasteiger partial charge >= 0.3 is 0 Å². The zero-order valence-corrected chi connectivity index (χ0v) is 11.8. The van der Waals surface area contributed by atoms with Crippen molar-refractivity contribution in [3.8, 4) is 0 Å². The van der Waals surface area contributed by atoms with E-state index in [-0.39, 0.29) is 0 Å². The van der Waals surface area contributed by atoms with Crippen LogP contribution in [0.1, 0.15) is 37.9 Å². The zero-order chi connectivity index (χ0) is 14.0. The van der Waals surface area contributed by atoms with Crippen LogP contribution in [0.25, 0.3) is 0 Å². The van der Waals surface area contributed by atoms with E-state index in [0.717, 1.165) is 30.2 Å². The van der Waals surface area contributed by atoms with Gasteiger partial charge in [0.2, 0.25) is 0 Å². The molecule has 1 aliphatic rings. The van der Waals surface area contributed by atoms with Crippen LogP contribution in [-0.2, 0) is 6.54 Å². The summed E-state index contributed by atoms with van der Waals surface area (Å²) in [5, 5.41) is 9.56. The number of aryl methyl sites for hydroxylation is 1. The molecule has 19 heavy (non-hydrogen) atoms. The highest BCUT2D eigenvalue weighted by Gasteiger charge is 2.16. The summed E-state index contributed by atoms with van der Waals surface area (Å²) in [6.45, 7) is 10.4. The van der Waals surface area contributed by atoms with Gasteiger partial charge in [-0.05, 0) is 38.8 Å². The lowest BCUT2D eigenvalue weighted by Gasteiger charge is -2.19. The molecule has 2 unspecified atom stereocenters. The van der Waals surface area contributed by atoms with Crippen molar-refractivity contribution in [3.63, 3.8) is 0 Å². The molecule has 2 rings (SSSR count). The smallest absolute Gasteiger partial charge is 0.105 e. The molecule has 0 fully saturated rings. The van der Waals surface area contributed by atoms with Gasteiger partial charge < -0.3 is 9.67 Å². The van der Waals surface area contributed by atoms with E-state index in [1.165, 1.54) is 5.57 Å². The van der Waals surface area contributed by atoms with Crippen LogP contribution in [-0.4, -0.2) is 20.9 Å². The number of aliphatic hydroxyl groups excluding tert-OH is 1. The SMILES string of the molecule is C=CC1=C(C)CC(Cn2cc(C(C)O)nc2C)C=N1. The van der Waals surface area contributed by atoms with Gasteiger partial charge in [0.05, 0.1) is 17.5 Å². The van der Waals surface area contributed by atoms with E-state index in [2.05, 4.69) is 28.0 Å². The number of rotatable bonds is 4. The minimum atomic E-state index is -0.519. The lowest BCUT2D eigenvalue weighted by Crippen LogP contribution is -2.16. The molecule has 1 aromatic rings. The van der Waals surface area contributed by atoms with Crippen molar-refractivity contribution < 1.29 is 5.11 Å². The first-order chi connectivity index (χ1) is 9.01. The number of aliphatic hydroxyl groups is 1. The molecule has 102 valence electrons. The number of nitrogens with zero attached hydrogens (tertiary/aromatic N) is 3. The third kappa shape index (κ3) is 3.01. The van der Waals surface area contributed by atoms with Crippen molar-refractivity contribution in [1.82, 2.24) is 9.55 Å². The van der Waals surface area contributed by atoms with Crippen molar-refractivity contribution >= 4 is 6.21 Å². The summed E-state index contributed by atoms with van der Waals surface area (Å²) in [6.07, 6.45) is 6.19. The molecule has 0 saturated heterocycles. The zero-order valence-electron chi connectivity index (χ0n) is 11.8. The second-order valence-electron chi connectivity index (χ2n) is 5.15. The molecule has 0 aliphatic carbocycles. The Morgan fingerprint density at radius 3 is 2.84 bits per heavy atom. The van der Waals surface area contributed by atoms with E-state index in [1.54, 1.807) is 13.0 Å². The lowest BCUT2D eigenvalue weighted by molar-refractivity contribution is 0.194. The third-order valence-corrected chi connectivity index (χ3v) is 3.48. The Labute approximate surface area is 114 Å². The van der Waals surface area contributed by atoms with Gasteiger partial charge in [-0.2, -0.15) is 0 Å². The van der Waals surface area contributed by atoms with Crippen LogP contribution in [0.3, 0.4) is 0 Å². The van der Waals surface area contributed by atoms with Gasteiger partial charge in [0.1, 0.15) is 5.82 Å². The fraction of sp³-hybridized carbons (Fsp3) is 0.467. The molecule has 4 nitrogen and oxygen atoms in total. The molecule has 0 amide bonds. The van der Waals surface area contributed by atoms with E-state index in [0.29, 0.717) is 5.92 Å². The van der Waals surface area contributed by atoms with Crippen LogP contribution >= 0.6 is 0 Å². The maximum Gasteiger partial charge on any atom is 0.105 e. The minimum absolute atomic E-state index is 0.374. The molecule has 2 atom stereocenters. The normalized spacial score (nSPS) is 20.7. The average Bonchev–Trinajstić information content (AvgIpc) is 2.71. The monoisotopic (exact) mass is 259 g/mol. The van der Waals surface area contributed by atoms with Crippen molar-refractivity contribution in [2.24, 2.45) is 10.9 Å². The van der Waals surface area contributed by atoms with Gasteiger partial charge in [-0.1, -0.05) is 6.58 Å². The van der Waals surface area contributed by atoms with E-state index in [1.807, 2.05) is 19.3 Å². The van der Waals surface area contributed by atoms with Crippen LogP contribution in [0, 0.1) is 12.8 Å². The Morgan fingerprint density at radius 2 is 2.32 bits per heavy atom. The predicted molar refractivity (Wildman–Crippen MR) is 77.1 cm³/mol. The Bertz CT molecular complexity index is 538. The summed E-state index contributed by atoms with van der Waals surface area (Å²) in [5.74, 6) is 1.30. The summed E-state index contributed by atoms with van der Waals surface area (Å²) in [6, 6.07) is 0. The topological polar surface area (TPSA) is 50.4 Å². The van der Waals surface area contributed by atoms with E-state index in [9.17, 15) is 5.11 Å². The van der Waals surface area contributed by atoms with Crippen LogP contribution < -0.4 is 0 Å². The van der Waals surface area contributed by atoms with Crippen LogP contribution in [0.4, 0.5) is 0 Å². The Morgan fingerprint density at radius 1 is 1.58 bits per heavy atom. The summed E-state index contributed by atoms with van der Waals surface area (Å²) >= 11 is 0. The van der Waals surface area contributed by atoms with E-state index in [4.69, 9.17) is 0 Å². The summed E-state index contributed by atoms with van der Waals surface area (Å²) in [4.78, 5) is 8.80. The largest absolute Gasteiger partial charge is 0.387 e. The second kappa shape index (κ2) is 5.53. The molecule has 1 aromatic heterocycles. The molecule has 0 radical (unpaired) electrons. The van der Waals surface area contributed by atoms with Crippen LogP contribution in [0.2, 0.25) is 0 Å². The first-order valence-corrected chi connectivity index (χ1v) is 6.59. The molecule has 1 N–H and O–H groups in total. The highest BCUT2D eigenvalue weighted by molar-refractivity contribution is 5.65. The molecular weight excluding hydrogens is 238 g/mol. The number of allylic oxidation sites excluding steroid dienone is 2. The molecule has 2 heterocycles. The fourth-order valence-corrected chi connectivity index (χ4v) is 2.36. The van der Waals surface area contributed by atoms with Gasteiger partial charge in [-0.3, -0.25) is 4.99 Å². The maximum absolute atomic E-state index is 9.56. The highest BCUT2D eigenvalue weighted by atomic mass is 16.3. The molecule has 0 aromatic carbocycles. The molecule has 4 heteroatoms.